The van der Waals surface area contributed by atoms with E-state index in [1.165, 1.54) is 22.6 Å². The van der Waals surface area contributed by atoms with Crippen LogP contribution in [0.15, 0.2) is 23.2 Å². The molecule has 7 heteroatoms. The van der Waals surface area contributed by atoms with E-state index in [4.69, 9.17) is 5.84 Å². The first-order chi connectivity index (χ1) is 8.47. The summed E-state index contributed by atoms with van der Waals surface area (Å²) in [6, 6.07) is 3.01. The van der Waals surface area contributed by atoms with E-state index in [0.29, 0.717) is 12.4 Å². The van der Waals surface area contributed by atoms with Crippen LogP contribution in [-0.4, -0.2) is 30.3 Å². The Bertz CT molecular complexity index is 472. The fraction of sp³-hybridized carbons (Fsp3) is 0.545. The smallest absolute Gasteiger partial charge is 0.244 e. The Balaban J connectivity index is 3.10. The van der Waals surface area contributed by atoms with Gasteiger partial charge in [0.15, 0.2) is 0 Å². The molecule has 0 saturated carbocycles. The Labute approximate surface area is 108 Å². The Morgan fingerprint density at radius 2 is 2.11 bits per heavy atom. The zero-order valence-electron chi connectivity index (χ0n) is 10.9. The summed E-state index contributed by atoms with van der Waals surface area (Å²) < 4.78 is 26.3. The number of nitrogens with two attached hydrogens (primary N) is 1. The minimum absolute atomic E-state index is 0.0349. The van der Waals surface area contributed by atoms with Crippen molar-refractivity contribution in [3.05, 3.63) is 18.3 Å². The van der Waals surface area contributed by atoms with Crippen LogP contribution in [0.3, 0.4) is 0 Å². The maximum Gasteiger partial charge on any atom is 0.244 e. The van der Waals surface area contributed by atoms with Gasteiger partial charge in [-0.1, -0.05) is 13.8 Å². The molecular weight excluding hydrogens is 252 g/mol. The van der Waals surface area contributed by atoms with Gasteiger partial charge < -0.3 is 5.43 Å². The molecule has 0 aliphatic rings. The van der Waals surface area contributed by atoms with Gasteiger partial charge in [0, 0.05) is 18.8 Å². The lowest BCUT2D eigenvalue weighted by molar-refractivity contribution is 0.342. The molecule has 0 fully saturated rings. The number of aromatic nitrogens is 1. The lowest BCUT2D eigenvalue weighted by Gasteiger charge is -2.26. The topological polar surface area (TPSA) is 88.3 Å². The molecule has 0 aliphatic heterocycles. The number of hydrogen-bond donors (Lipinski definition) is 2. The monoisotopic (exact) mass is 272 g/mol. The molecule has 1 atom stereocenters. The van der Waals surface area contributed by atoms with Crippen molar-refractivity contribution < 1.29 is 8.42 Å². The average molecular weight is 272 g/mol. The van der Waals surface area contributed by atoms with Gasteiger partial charge in [-0.25, -0.2) is 19.2 Å². The van der Waals surface area contributed by atoms with Gasteiger partial charge in [0.05, 0.1) is 0 Å². The molecule has 1 heterocycles. The second-order valence-electron chi connectivity index (χ2n) is 3.99. The standard InChI is InChI=1S/C11H20N4O2S/c1-4-9(3)15(5-2)18(16,17)10-6-7-11(14-12)13-8-10/h6-9H,4-5,12H2,1-3H3,(H,13,14). The van der Waals surface area contributed by atoms with Gasteiger partial charge in [-0.3, -0.25) is 0 Å². The molecule has 3 N–H and O–H groups in total. The van der Waals surface area contributed by atoms with Crippen molar-refractivity contribution in [3.63, 3.8) is 0 Å². The summed E-state index contributed by atoms with van der Waals surface area (Å²) >= 11 is 0. The first-order valence-corrected chi connectivity index (χ1v) is 7.35. The Hall–Kier alpha value is -1.18. The summed E-state index contributed by atoms with van der Waals surface area (Å²) in [5, 5.41) is 0. The van der Waals surface area contributed by atoms with Crippen molar-refractivity contribution in [2.24, 2.45) is 5.84 Å². The number of hydrazine groups is 1. The Morgan fingerprint density at radius 3 is 2.50 bits per heavy atom. The van der Waals surface area contributed by atoms with E-state index in [-0.39, 0.29) is 10.9 Å². The highest BCUT2D eigenvalue weighted by Crippen LogP contribution is 2.19. The minimum Gasteiger partial charge on any atom is -0.308 e. The summed E-state index contributed by atoms with van der Waals surface area (Å²) in [4.78, 5) is 4.11. The van der Waals surface area contributed by atoms with Crippen LogP contribution in [0.1, 0.15) is 27.2 Å². The van der Waals surface area contributed by atoms with Crippen molar-refractivity contribution in [3.8, 4) is 0 Å². The summed E-state index contributed by atoms with van der Waals surface area (Å²) in [5.74, 6) is 5.62. The fourth-order valence-corrected chi connectivity index (χ4v) is 3.34. The van der Waals surface area contributed by atoms with Gasteiger partial charge in [0.25, 0.3) is 0 Å². The van der Waals surface area contributed by atoms with E-state index in [1.54, 1.807) is 0 Å². The number of hydrogen-bond acceptors (Lipinski definition) is 5. The highest BCUT2D eigenvalue weighted by atomic mass is 32.2. The molecule has 18 heavy (non-hydrogen) atoms. The number of pyridine rings is 1. The van der Waals surface area contributed by atoms with Crippen molar-refractivity contribution in [1.29, 1.82) is 0 Å². The average Bonchev–Trinajstić information content (AvgIpc) is 2.39. The molecule has 0 spiro atoms. The van der Waals surface area contributed by atoms with E-state index in [0.717, 1.165) is 6.42 Å². The predicted molar refractivity (Wildman–Crippen MR) is 71.4 cm³/mol. The minimum atomic E-state index is -3.49. The maximum atomic E-state index is 12.4. The van der Waals surface area contributed by atoms with Gasteiger partial charge in [-0.2, -0.15) is 4.31 Å². The van der Waals surface area contributed by atoms with E-state index < -0.39 is 10.0 Å². The second kappa shape index (κ2) is 6.12. The SMILES string of the molecule is CCC(C)N(CC)S(=O)(=O)c1ccc(NN)nc1. The summed E-state index contributed by atoms with van der Waals surface area (Å²) in [6.45, 7) is 6.12. The number of anilines is 1. The molecule has 6 nitrogen and oxygen atoms in total. The Kier molecular flexibility index (Phi) is 5.06. The lowest BCUT2D eigenvalue weighted by atomic mass is 10.3. The van der Waals surface area contributed by atoms with Crippen molar-refractivity contribution >= 4 is 15.8 Å². The van der Waals surface area contributed by atoms with Crippen LogP contribution in [0.2, 0.25) is 0 Å². The molecule has 0 saturated heterocycles. The molecule has 102 valence electrons. The van der Waals surface area contributed by atoms with Gasteiger partial charge >= 0.3 is 0 Å². The molecule has 1 aromatic rings. The number of nitrogens with zero attached hydrogens (tertiary/aromatic N) is 2. The zero-order valence-corrected chi connectivity index (χ0v) is 11.7. The third-order valence-electron chi connectivity index (χ3n) is 2.88. The lowest BCUT2D eigenvalue weighted by Crippen LogP contribution is -2.38. The van der Waals surface area contributed by atoms with Crippen LogP contribution in [0, 0.1) is 0 Å². The van der Waals surface area contributed by atoms with Crippen LogP contribution < -0.4 is 11.3 Å². The van der Waals surface area contributed by atoms with Crippen molar-refractivity contribution in [1.82, 2.24) is 9.29 Å². The maximum absolute atomic E-state index is 12.4. The van der Waals surface area contributed by atoms with E-state index in [2.05, 4.69) is 10.4 Å². The second-order valence-corrected chi connectivity index (χ2v) is 5.88. The first kappa shape index (κ1) is 14.9. The van der Waals surface area contributed by atoms with Crippen molar-refractivity contribution in [2.75, 3.05) is 12.0 Å². The first-order valence-electron chi connectivity index (χ1n) is 5.91. The number of rotatable bonds is 6. The van der Waals surface area contributed by atoms with Gasteiger partial charge in [0.1, 0.15) is 10.7 Å². The van der Waals surface area contributed by atoms with Crippen molar-refractivity contribution in [2.45, 2.75) is 38.1 Å². The Morgan fingerprint density at radius 1 is 1.44 bits per heavy atom. The molecule has 0 bridgehead atoms. The van der Waals surface area contributed by atoms with Gasteiger partial charge in [0.2, 0.25) is 10.0 Å². The zero-order chi connectivity index (χ0) is 13.8. The molecule has 0 aromatic carbocycles. The molecule has 0 radical (unpaired) electrons. The van der Waals surface area contributed by atoms with E-state index in [9.17, 15) is 8.42 Å². The van der Waals surface area contributed by atoms with Crippen LogP contribution in [0.25, 0.3) is 0 Å². The number of nitrogen functional groups attached to an aromatic ring is 1. The van der Waals surface area contributed by atoms with Crippen LogP contribution in [0.4, 0.5) is 5.82 Å². The number of sulfonamides is 1. The fourth-order valence-electron chi connectivity index (χ4n) is 1.68. The summed E-state index contributed by atoms with van der Waals surface area (Å²) in [6.07, 6.45) is 2.08. The third-order valence-corrected chi connectivity index (χ3v) is 4.96. The normalized spacial score (nSPS) is 13.6. The molecule has 0 amide bonds. The van der Waals surface area contributed by atoms with Gasteiger partial charge in [-0.05, 0) is 25.5 Å². The molecule has 1 aromatic heterocycles. The van der Waals surface area contributed by atoms with E-state index >= 15 is 0 Å². The molecule has 1 unspecified atom stereocenters. The highest BCUT2D eigenvalue weighted by Gasteiger charge is 2.26. The largest absolute Gasteiger partial charge is 0.308 e. The van der Waals surface area contributed by atoms with Crippen LogP contribution in [-0.2, 0) is 10.0 Å². The van der Waals surface area contributed by atoms with Crippen LogP contribution in [0.5, 0.6) is 0 Å². The number of nitrogens with one attached hydrogen (secondary N) is 1. The van der Waals surface area contributed by atoms with Crippen LogP contribution >= 0.6 is 0 Å². The summed E-state index contributed by atoms with van der Waals surface area (Å²) in [5.41, 5.74) is 2.36. The highest BCUT2D eigenvalue weighted by molar-refractivity contribution is 7.89. The van der Waals surface area contributed by atoms with Gasteiger partial charge in [-0.15, -0.1) is 0 Å². The molecular formula is C11H20N4O2S. The van der Waals surface area contributed by atoms with E-state index in [1.807, 2.05) is 20.8 Å². The molecule has 1 rings (SSSR count). The molecule has 0 aliphatic carbocycles. The third kappa shape index (κ3) is 2.98. The predicted octanol–water partition coefficient (Wildman–Crippen LogP) is 1.18. The summed E-state index contributed by atoms with van der Waals surface area (Å²) in [7, 11) is -3.49. The quantitative estimate of drug-likeness (QED) is 0.599.